The highest BCUT2D eigenvalue weighted by Gasteiger charge is 2.09. The first kappa shape index (κ1) is 13.2. The van der Waals surface area contributed by atoms with E-state index in [0.717, 1.165) is 4.57 Å². The molecule has 3 N–H and O–H groups in total. The maximum absolute atomic E-state index is 11.6. The number of hydrogen-bond donors (Lipinski definition) is 2. The molecule has 0 aliphatic heterocycles. The first-order valence-electron chi connectivity index (χ1n) is 5.14. The van der Waals surface area contributed by atoms with E-state index in [9.17, 15) is 14.4 Å². The summed E-state index contributed by atoms with van der Waals surface area (Å²) in [6.07, 6.45) is 0. The number of nitrogens with one attached hydrogen (secondary N) is 1. The number of nitrogens with two attached hydrogens (primary N) is 1. The molecule has 0 unspecified atom stereocenters. The number of aromatic nitrogens is 2. The minimum Gasteiger partial charge on any atom is -0.349 e. The predicted octanol–water partition coefficient (Wildman–Crippen LogP) is -1.95. The second-order valence-electron chi connectivity index (χ2n) is 3.88. The Balaban J connectivity index is 2.98. The van der Waals surface area contributed by atoms with Gasteiger partial charge in [-0.15, -0.1) is 0 Å². The van der Waals surface area contributed by atoms with E-state index in [-0.39, 0.29) is 12.5 Å². The Hall–Kier alpha value is -1.89. The molecule has 0 saturated heterocycles. The normalized spacial score (nSPS) is 12.2. The molecule has 0 aliphatic rings. The molecule has 0 aromatic carbocycles. The molecule has 0 radical (unpaired) electrons. The highest BCUT2D eigenvalue weighted by Crippen LogP contribution is 1.90. The predicted molar refractivity (Wildman–Crippen MR) is 62.4 cm³/mol. The summed E-state index contributed by atoms with van der Waals surface area (Å²) in [6.45, 7) is 1.65. The highest BCUT2D eigenvalue weighted by atomic mass is 16.2. The molecule has 17 heavy (non-hydrogen) atoms. The van der Waals surface area contributed by atoms with Gasteiger partial charge in [0.1, 0.15) is 0 Å². The van der Waals surface area contributed by atoms with Crippen molar-refractivity contribution in [2.75, 3.05) is 0 Å². The fourth-order valence-electron chi connectivity index (χ4n) is 1.29. The van der Waals surface area contributed by atoms with E-state index in [0.29, 0.717) is 5.69 Å². The summed E-state index contributed by atoms with van der Waals surface area (Å²) in [7, 11) is 2.93. The molecule has 1 rings (SSSR count). The molecule has 0 saturated carbocycles. The van der Waals surface area contributed by atoms with Gasteiger partial charge in [0.15, 0.2) is 0 Å². The van der Waals surface area contributed by atoms with Crippen LogP contribution in [0.2, 0.25) is 0 Å². The lowest BCUT2D eigenvalue weighted by molar-refractivity contribution is -0.122. The topological polar surface area (TPSA) is 99.1 Å². The summed E-state index contributed by atoms with van der Waals surface area (Å²) < 4.78 is 2.31. The van der Waals surface area contributed by atoms with Gasteiger partial charge in [-0.1, -0.05) is 0 Å². The van der Waals surface area contributed by atoms with Crippen LogP contribution in [0.15, 0.2) is 15.7 Å². The van der Waals surface area contributed by atoms with Gasteiger partial charge in [-0.05, 0) is 6.92 Å². The molecule has 1 heterocycles. The van der Waals surface area contributed by atoms with Crippen molar-refractivity contribution in [3.05, 3.63) is 32.6 Å². The lowest BCUT2D eigenvalue weighted by Gasteiger charge is -2.11. The van der Waals surface area contributed by atoms with Crippen LogP contribution in [0.4, 0.5) is 0 Å². The Morgan fingerprint density at radius 2 is 2.00 bits per heavy atom. The van der Waals surface area contributed by atoms with Gasteiger partial charge in [0.2, 0.25) is 5.91 Å². The lowest BCUT2D eigenvalue weighted by Crippen LogP contribution is -2.42. The van der Waals surface area contributed by atoms with Gasteiger partial charge < -0.3 is 11.1 Å². The van der Waals surface area contributed by atoms with Gasteiger partial charge in [0.25, 0.3) is 5.56 Å². The first-order valence-corrected chi connectivity index (χ1v) is 5.14. The quantitative estimate of drug-likeness (QED) is 0.641. The highest BCUT2D eigenvalue weighted by molar-refractivity contribution is 5.80. The Morgan fingerprint density at radius 3 is 2.53 bits per heavy atom. The van der Waals surface area contributed by atoms with E-state index >= 15 is 0 Å². The molecular weight excluding hydrogens is 224 g/mol. The van der Waals surface area contributed by atoms with E-state index in [1.165, 1.54) is 24.7 Å². The van der Waals surface area contributed by atoms with Crippen molar-refractivity contribution in [3.63, 3.8) is 0 Å². The summed E-state index contributed by atoms with van der Waals surface area (Å²) in [4.78, 5) is 34.2. The van der Waals surface area contributed by atoms with Crippen molar-refractivity contribution in [2.45, 2.75) is 19.5 Å². The maximum Gasteiger partial charge on any atom is 0.330 e. The molecule has 0 aliphatic carbocycles. The zero-order chi connectivity index (χ0) is 13.2. The summed E-state index contributed by atoms with van der Waals surface area (Å²) in [5.74, 6) is -0.335. The Kier molecular flexibility index (Phi) is 3.84. The molecule has 1 aromatic heterocycles. The van der Waals surface area contributed by atoms with Crippen LogP contribution in [0.3, 0.4) is 0 Å². The average Bonchev–Trinajstić information content (AvgIpc) is 2.28. The summed E-state index contributed by atoms with van der Waals surface area (Å²) in [5, 5.41) is 2.54. The molecule has 94 valence electrons. The zero-order valence-corrected chi connectivity index (χ0v) is 10.1. The number of carbonyl (C=O) groups excluding carboxylic acids is 1. The Bertz CT molecular complexity index is 541. The van der Waals surface area contributed by atoms with Crippen LogP contribution in [0.1, 0.15) is 12.6 Å². The van der Waals surface area contributed by atoms with Crippen LogP contribution in [0.5, 0.6) is 0 Å². The van der Waals surface area contributed by atoms with Gasteiger partial charge in [-0.3, -0.25) is 18.7 Å². The smallest absolute Gasteiger partial charge is 0.330 e. The molecule has 0 bridgehead atoms. The van der Waals surface area contributed by atoms with E-state index in [1.54, 1.807) is 6.92 Å². The van der Waals surface area contributed by atoms with Crippen LogP contribution in [0, 0.1) is 0 Å². The third kappa shape index (κ3) is 2.82. The van der Waals surface area contributed by atoms with Gasteiger partial charge in [-0.2, -0.15) is 0 Å². The Morgan fingerprint density at radius 1 is 1.41 bits per heavy atom. The monoisotopic (exact) mass is 240 g/mol. The van der Waals surface area contributed by atoms with Gasteiger partial charge >= 0.3 is 5.69 Å². The molecule has 7 heteroatoms. The van der Waals surface area contributed by atoms with Crippen LogP contribution in [-0.4, -0.2) is 21.1 Å². The number of rotatable bonds is 3. The number of nitrogens with zero attached hydrogens (tertiary/aromatic N) is 2. The Labute approximate surface area is 97.9 Å². The van der Waals surface area contributed by atoms with Crippen LogP contribution in [0.25, 0.3) is 0 Å². The third-order valence-electron chi connectivity index (χ3n) is 2.48. The molecule has 0 fully saturated rings. The van der Waals surface area contributed by atoms with E-state index in [2.05, 4.69) is 5.32 Å². The SMILES string of the molecule is C[C@H](N)C(=O)NCc1cc(=O)n(C)c(=O)n1C. The number of carbonyl (C=O) groups is 1. The molecule has 0 spiro atoms. The van der Waals surface area contributed by atoms with Crippen molar-refractivity contribution < 1.29 is 4.79 Å². The molecule has 1 amide bonds. The summed E-state index contributed by atoms with van der Waals surface area (Å²) >= 11 is 0. The van der Waals surface area contributed by atoms with Crippen LogP contribution in [-0.2, 0) is 25.4 Å². The largest absolute Gasteiger partial charge is 0.349 e. The van der Waals surface area contributed by atoms with E-state index in [1.807, 2.05) is 0 Å². The summed E-state index contributed by atoms with van der Waals surface area (Å²) in [6, 6.07) is 0.682. The van der Waals surface area contributed by atoms with Gasteiger partial charge in [0, 0.05) is 25.9 Å². The number of hydrogen-bond acceptors (Lipinski definition) is 4. The van der Waals surface area contributed by atoms with Crippen molar-refractivity contribution in [2.24, 2.45) is 19.8 Å². The van der Waals surface area contributed by atoms with Crippen molar-refractivity contribution in [1.29, 1.82) is 0 Å². The average molecular weight is 240 g/mol. The fourth-order valence-corrected chi connectivity index (χ4v) is 1.29. The molecular formula is C10H16N4O3. The van der Waals surface area contributed by atoms with Crippen LogP contribution >= 0.6 is 0 Å². The first-order chi connectivity index (χ1) is 7.84. The number of amides is 1. The maximum atomic E-state index is 11.6. The van der Waals surface area contributed by atoms with Gasteiger partial charge in [-0.25, -0.2) is 4.79 Å². The lowest BCUT2D eigenvalue weighted by atomic mass is 10.3. The van der Waals surface area contributed by atoms with Crippen molar-refractivity contribution in [1.82, 2.24) is 14.5 Å². The van der Waals surface area contributed by atoms with E-state index in [4.69, 9.17) is 5.73 Å². The van der Waals surface area contributed by atoms with Crippen LogP contribution < -0.4 is 22.3 Å². The van der Waals surface area contributed by atoms with Crippen molar-refractivity contribution in [3.8, 4) is 0 Å². The standard InChI is InChI=1S/C10H16N4O3/c1-6(11)9(16)12-5-7-4-8(15)14(3)10(17)13(7)2/h4,6H,5,11H2,1-3H3,(H,12,16)/t6-/m0/s1. The zero-order valence-electron chi connectivity index (χ0n) is 10.1. The summed E-state index contributed by atoms with van der Waals surface area (Å²) in [5.41, 5.74) is 4.98. The molecule has 1 aromatic rings. The minimum absolute atomic E-state index is 0.0994. The molecule has 1 atom stereocenters. The minimum atomic E-state index is -0.626. The third-order valence-corrected chi connectivity index (χ3v) is 2.48. The van der Waals surface area contributed by atoms with Crippen molar-refractivity contribution >= 4 is 5.91 Å². The fraction of sp³-hybridized carbons (Fsp3) is 0.500. The van der Waals surface area contributed by atoms with Gasteiger partial charge in [0.05, 0.1) is 12.6 Å². The second kappa shape index (κ2) is 4.96. The molecule has 7 nitrogen and oxygen atoms in total. The second-order valence-corrected chi connectivity index (χ2v) is 3.88. The van der Waals surface area contributed by atoms with E-state index < -0.39 is 17.3 Å².